The van der Waals surface area contributed by atoms with Crippen molar-refractivity contribution in [3.63, 3.8) is 0 Å². The van der Waals surface area contributed by atoms with E-state index in [1.807, 2.05) is 24.3 Å². The third-order valence-electron chi connectivity index (χ3n) is 5.70. The second-order valence-corrected chi connectivity index (χ2v) is 9.97. The normalized spacial score (nSPS) is 18.6. The Morgan fingerprint density at radius 1 is 1.03 bits per heavy atom. The molecule has 2 aliphatic heterocycles. The van der Waals surface area contributed by atoms with E-state index in [1.54, 1.807) is 36.4 Å². The van der Waals surface area contributed by atoms with Crippen LogP contribution in [0.3, 0.4) is 0 Å². The van der Waals surface area contributed by atoms with Crippen LogP contribution in [0.1, 0.15) is 36.5 Å². The molecule has 180 valence electrons. The van der Waals surface area contributed by atoms with Crippen LogP contribution in [0.15, 0.2) is 81.8 Å². The topological polar surface area (TPSA) is 74.1 Å². The van der Waals surface area contributed by atoms with Crippen LogP contribution in [0.2, 0.25) is 5.02 Å². The molecule has 2 heterocycles. The molecule has 0 radical (unpaired) electrons. The van der Waals surface area contributed by atoms with E-state index in [0.717, 1.165) is 17.3 Å². The van der Waals surface area contributed by atoms with Crippen LogP contribution in [0.25, 0.3) is 6.08 Å². The number of carbonyl (C=O) groups excluding carboxylic acids is 2. The Labute approximate surface area is 216 Å². The maximum atomic E-state index is 13.5. The van der Waals surface area contributed by atoms with Crippen LogP contribution < -0.4 is 10.2 Å². The van der Waals surface area contributed by atoms with Gasteiger partial charge in [0.15, 0.2) is 5.71 Å². The van der Waals surface area contributed by atoms with Crippen LogP contribution in [-0.4, -0.2) is 22.7 Å². The van der Waals surface area contributed by atoms with Gasteiger partial charge in [-0.05, 0) is 77.3 Å². The number of nitrogens with zero attached hydrogens (tertiary/aromatic N) is 3. The molecular weight excluding hydrogens is 499 g/mol. The minimum absolute atomic E-state index is 0.111. The standard InChI is InChI=1S/C27H20ClFN4O2S/c1-15(2)17-4-3-5-20(13-17)33-26(35)23(12-16-6-9-19(29)10-7-16)36-27(33)32-31-24-21-14-18(28)8-11-22(21)30-25(24)34/h3-15H,1-2H3,(H,30,31,34). The smallest absolute Gasteiger partial charge is 0.276 e. The van der Waals surface area contributed by atoms with Gasteiger partial charge in [0.05, 0.1) is 16.3 Å². The Kier molecular flexibility index (Phi) is 6.47. The van der Waals surface area contributed by atoms with Crippen molar-refractivity contribution in [1.82, 2.24) is 0 Å². The van der Waals surface area contributed by atoms with Crippen LogP contribution in [0, 0.1) is 5.82 Å². The van der Waals surface area contributed by atoms with Crippen molar-refractivity contribution in [2.45, 2.75) is 19.8 Å². The van der Waals surface area contributed by atoms with Gasteiger partial charge in [-0.2, -0.15) is 0 Å². The van der Waals surface area contributed by atoms with E-state index in [4.69, 9.17) is 11.6 Å². The Balaban J connectivity index is 1.59. The Bertz CT molecular complexity index is 1480. The first-order valence-corrected chi connectivity index (χ1v) is 12.4. The van der Waals surface area contributed by atoms with Gasteiger partial charge in [0.2, 0.25) is 5.17 Å². The molecule has 36 heavy (non-hydrogen) atoms. The van der Waals surface area contributed by atoms with Gasteiger partial charge in [-0.3, -0.25) is 14.5 Å². The zero-order valence-corrected chi connectivity index (χ0v) is 20.9. The first-order valence-electron chi connectivity index (χ1n) is 11.2. The van der Waals surface area contributed by atoms with Crippen LogP contribution in [0.5, 0.6) is 0 Å². The van der Waals surface area contributed by atoms with Crippen LogP contribution in [-0.2, 0) is 9.59 Å². The maximum Gasteiger partial charge on any atom is 0.276 e. The van der Waals surface area contributed by atoms with E-state index >= 15 is 0 Å². The summed E-state index contributed by atoms with van der Waals surface area (Å²) in [6, 6.07) is 18.5. The largest absolute Gasteiger partial charge is 0.320 e. The van der Waals surface area contributed by atoms with Crippen LogP contribution in [0.4, 0.5) is 15.8 Å². The number of halogens is 2. The molecule has 6 nitrogen and oxygen atoms in total. The molecular formula is C27H20ClFN4O2S. The van der Waals surface area contributed by atoms with Crippen molar-refractivity contribution in [2.24, 2.45) is 10.2 Å². The van der Waals surface area contributed by atoms with Gasteiger partial charge in [0, 0.05) is 10.6 Å². The van der Waals surface area contributed by atoms with Gasteiger partial charge in [-0.1, -0.05) is 49.7 Å². The maximum absolute atomic E-state index is 13.5. The first kappa shape index (κ1) is 24.0. The number of amidine groups is 1. The van der Waals surface area contributed by atoms with Gasteiger partial charge in [0.1, 0.15) is 5.82 Å². The summed E-state index contributed by atoms with van der Waals surface area (Å²) in [6.07, 6.45) is 1.68. The zero-order chi connectivity index (χ0) is 25.4. The average molecular weight is 519 g/mol. The van der Waals surface area contributed by atoms with E-state index in [1.165, 1.54) is 17.0 Å². The Morgan fingerprint density at radius 2 is 1.81 bits per heavy atom. The van der Waals surface area contributed by atoms with Crippen molar-refractivity contribution >= 4 is 63.5 Å². The molecule has 5 rings (SSSR count). The van der Waals surface area contributed by atoms with E-state index in [-0.39, 0.29) is 23.4 Å². The molecule has 3 aromatic rings. The number of carbonyl (C=O) groups is 2. The van der Waals surface area contributed by atoms with E-state index in [0.29, 0.717) is 37.6 Å². The van der Waals surface area contributed by atoms with Crippen molar-refractivity contribution in [3.05, 3.63) is 99.2 Å². The molecule has 0 atom stereocenters. The quantitative estimate of drug-likeness (QED) is 0.319. The molecule has 0 saturated carbocycles. The third-order valence-corrected chi connectivity index (χ3v) is 6.90. The number of amides is 2. The molecule has 0 aromatic heterocycles. The summed E-state index contributed by atoms with van der Waals surface area (Å²) >= 11 is 7.25. The molecule has 3 aromatic carbocycles. The summed E-state index contributed by atoms with van der Waals surface area (Å²) in [7, 11) is 0. The molecule has 2 aliphatic rings. The van der Waals surface area contributed by atoms with Crippen molar-refractivity contribution in [1.29, 1.82) is 0 Å². The van der Waals surface area contributed by atoms with E-state index in [2.05, 4.69) is 29.4 Å². The molecule has 9 heteroatoms. The van der Waals surface area contributed by atoms with Crippen molar-refractivity contribution < 1.29 is 14.0 Å². The minimum atomic E-state index is -0.402. The second kappa shape index (κ2) is 9.72. The summed E-state index contributed by atoms with van der Waals surface area (Å²) in [4.78, 5) is 27.9. The second-order valence-electron chi connectivity index (χ2n) is 8.53. The fraction of sp³-hybridized carbons (Fsp3) is 0.111. The highest BCUT2D eigenvalue weighted by atomic mass is 35.5. The Hall–Kier alpha value is -3.75. The van der Waals surface area contributed by atoms with E-state index in [9.17, 15) is 14.0 Å². The fourth-order valence-corrected chi connectivity index (χ4v) is 4.92. The number of nitrogens with one attached hydrogen (secondary N) is 1. The first-order chi connectivity index (χ1) is 17.3. The number of rotatable bonds is 4. The van der Waals surface area contributed by atoms with Gasteiger partial charge in [-0.25, -0.2) is 4.39 Å². The highest BCUT2D eigenvalue weighted by molar-refractivity contribution is 8.19. The number of anilines is 2. The van der Waals surface area contributed by atoms with Gasteiger partial charge in [0.25, 0.3) is 11.8 Å². The van der Waals surface area contributed by atoms with Crippen molar-refractivity contribution in [3.8, 4) is 0 Å². The number of thioether (sulfide) groups is 1. The molecule has 0 unspecified atom stereocenters. The van der Waals surface area contributed by atoms with Gasteiger partial charge >= 0.3 is 0 Å². The average Bonchev–Trinajstić information content (AvgIpc) is 3.34. The lowest BCUT2D eigenvalue weighted by Gasteiger charge is -2.17. The highest BCUT2D eigenvalue weighted by Crippen LogP contribution is 2.37. The summed E-state index contributed by atoms with van der Waals surface area (Å²) in [6.45, 7) is 4.14. The summed E-state index contributed by atoms with van der Waals surface area (Å²) < 4.78 is 13.4. The SMILES string of the molecule is CC(C)c1cccc(N2C(=O)C(=Cc3ccc(F)cc3)SC2=NN=C2C(=O)Nc3ccc(Cl)cc32)c1. The molecule has 0 aliphatic carbocycles. The Morgan fingerprint density at radius 3 is 2.56 bits per heavy atom. The molecule has 0 bridgehead atoms. The predicted octanol–water partition coefficient (Wildman–Crippen LogP) is 6.44. The number of hydrogen-bond donors (Lipinski definition) is 1. The van der Waals surface area contributed by atoms with Gasteiger partial charge in [-0.15, -0.1) is 10.2 Å². The molecule has 1 fully saturated rings. The monoisotopic (exact) mass is 518 g/mol. The number of fused-ring (bicyclic) bond motifs is 1. The van der Waals surface area contributed by atoms with Crippen LogP contribution >= 0.6 is 23.4 Å². The lowest BCUT2D eigenvalue weighted by atomic mass is 10.0. The summed E-state index contributed by atoms with van der Waals surface area (Å²) in [5, 5.41) is 12.1. The van der Waals surface area contributed by atoms with Crippen molar-refractivity contribution in [2.75, 3.05) is 10.2 Å². The third kappa shape index (κ3) is 4.69. The predicted molar refractivity (Wildman–Crippen MR) is 144 cm³/mol. The lowest BCUT2D eigenvalue weighted by Crippen LogP contribution is -2.29. The lowest BCUT2D eigenvalue weighted by molar-refractivity contribution is -0.113. The van der Waals surface area contributed by atoms with Gasteiger partial charge < -0.3 is 5.32 Å². The zero-order valence-electron chi connectivity index (χ0n) is 19.3. The fourth-order valence-electron chi connectivity index (χ4n) is 3.82. The minimum Gasteiger partial charge on any atom is -0.320 e. The molecule has 1 N–H and O–H groups in total. The molecule has 2 amide bonds. The van der Waals surface area contributed by atoms with E-state index < -0.39 is 5.91 Å². The number of hydrogen-bond acceptors (Lipinski definition) is 5. The molecule has 1 saturated heterocycles. The molecule has 0 spiro atoms. The number of benzene rings is 3. The summed E-state index contributed by atoms with van der Waals surface area (Å²) in [5.41, 5.74) is 3.62. The highest BCUT2D eigenvalue weighted by Gasteiger charge is 2.35. The summed E-state index contributed by atoms with van der Waals surface area (Å²) in [5.74, 6) is -0.790.